The molecule has 1 aliphatic carbocycles. The summed E-state index contributed by atoms with van der Waals surface area (Å²) >= 11 is 0. The molecule has 0 aromatic heterocycles. The van der Waals surface area contributed by atoms with E-state index in [1.54, 1.807) is 18.2 Å². The SMILES string of the molecule is COc1ccc(F)c(-c2ccc(COc3cccc([C@@H](CC(=O)O)C4CC4)c3)cc2[C@H](F)C(C)(C)C)c1. The van der Waals surface area contributed by atoms with Crippen LogP contribution in [0.2, 0.25) is 0 Å². The van der Waals surface area contributed by atoms with Crippen molar-refractivity contribution in [2.24, 2.45) is 11.3 Å². The third kappa shape index (κ3) is 6.48. The monoisotopic (exact) mass is 508 g/mol. The number of carboxylic acid groups (broad SMARTS) is 1. The highest BCUT2D eigenvalue weighted by Crippen LogP contribution is 2.45. The average molecular weight is 509 g/mol. The maximum Gasteiger partial charge on any atom is 0.303 e. The summed E-state index contributed by atoms with van der Waals surface area (Å²) in [5.41, 5.74) is 2.17. The van der Waals surface area contributed by atoms with E-state index in [2.05, 4.69) is 0 Å². The highest BCUT2D eigenvalue weighted by Gasteiger charge is 2.34. The van der Waals surface area contributed by atoms with Crippen LogP contribution in [0.5, 0.6) is 11.5 Å². The number of ether oxygens (including phenoxy) is 2. The van der Waals surface area contributed by atoms with Crippen LogP contribution in [0, 0.1) is 17.2 Å². The Morgan fingerprint density at radius 2 is 1.78 bits per heavy atom. The zero-order chi connectivity index (χ0) is 26.7. The molecule has 0 bridgehead atoms. The lowest BCUT2D eigenvalue weighted by Crippen LogP contribution is -2.15. The van der Waals surface area contributed by atoms with Crippen LogP contribution in [-0.4, -0.2) is 18.2 Å². The number of alkyl halides is 1. The number of benzene rings is 3. The summed E-state index contributed by atoms with van der Waals surface area (Å²) < 4.78 is 41.8. The molecule has 4 nitrogen and oxygen atoms in total. The van der Waals surface area contributed by atoms with Gasteiger partial charge in [-0.2, -0.15) is 0 Å². The second kappa shape index (κ2) is 10.9. The van der Waals surface area contributed by atoms with E-state index < -0.39 is 23.4 Å². The van der Waals surface area contributed by atoms with Crippen molar-refractivity contribution >= 4 is 5.97 Å². The van der Waals surface area contributed by atoms with E-state index in [9.17, 15) is 14.3 Å². The normalized spacial score (nSPS) is 15.2. The molecular formula is C31H34F2O4. The molecule has 0 heterocycles. The number of carbonyl (C=O) groups is 1. The Morgan fingerprint density at radius 1 is 1.03 bits per heavy atom. The van der Waals surface area contributed by atoms with E-state index in [1.165, 1.54) is 19.2 Å². The maximum absolute atomic E-state index is 15.7. The van der Waals surface area contributed by atoms with E-state index in [4.69, 9.17) is 9.47 Å². The average Bonchev–Trinajstić information content (AvgIpc) is 3.71. The van der Waals surface area contributed by atoms with Crippen molar-refractivity contribution in [1.82, 2.24) is 0 Å². The number of carboxylic acids is 1. The van der Waals surface area contributed by atoms with Gasteiger partial charge in [-0.15, -0.1) is 0 Å². The van der Waals surface area contributed by atoms with Crippen molar-refractivity contribution in [3.05, 3.63) is 83.2 Å². The van der Waals surface area contributed by atoms with Gasteiger partial charge in [0.25, 0.3) is 0 Å². The van der Waals surface area contributed by atoms with E-state index >= 15 is 4.39 Å². The first-order valence-electron chi connectivity index (χ1n) is 12.6. The lowest BCUT2D eigenvalue weighted by atomic mass is 9.82. The molecule has 0 amide bonds. The standard InChI is InChI=1S/C31H34F2O4/c1-31(2,3)30(33)27-14-19(8-12-24(27)26-16-22(36-4)11-13-28(26)32)18-37-23-7-5-6-21(15-23)25(17-29(34)35)20-9-10-20/h5-8,11-16,20,25,30H,9-10,17-18H2,1-4H3,(H,34,35)/t25-,30-/m0/s1. The topological polar surface area (TPSA) is 55.8 Å². The summed E-state index contributed by atoms with van der Waals surface area (Å²) in [4.78, 5) is 11.4. The van der Waals surface area contributed by atoms with E-state index in [0.717, 1.165) is 24.0 Å². The molecule has 4 rings (SSSR count). The number of hydrogen-bond acceptors (Lipinski definition) is 3. The van der Waals surface area contributed by atoms with Gasteiger partial charge in [-0.3, -0.25) is 4.79 Å². The third-order valence-electron chi connectivity index (χ3n) is 6.89. The van der Waals surface area contributed by atoms with Gasteiger partial charge in [0.15, 0.2) is 0 Å². The highest BCUT2D eigenvalue weighted by molar-refractivity contribution is 5.71. The van der Waals surface area contributed by atoms with Gasteiger partial charge in [-0.05, 0) is 88.7 Å². The molecule has 2 atom stereocenters. The lowest BCUT2D eigenvalue weighted by molar-refractivity contribution is -0.137. The van der Waals surface area contributed by atoms with Crippen LogP contribution in [0.1, 0.15) is 68.8 Å². The van der Waals surface area contributed by atoms with Gasteiger partial charge in [0, 0.05) is 5.56 Å². The van der Waals surface area contributed by atoms with Crippen molar-refractivity contribution in [2.75, 3.05) is 7.11 Å². The van der Waals surface area contributed by atoms with Crippen LogP contribution in [0.4, 0.5) is 8.78 Å². The molecular weight excluding hydrogens is 474 g/mol. The predicted octanol–water partition coefficient (Wildman–Crippen LogP) is 8.11. The van der Waals surface area contributed by atoms with Crippen molar-refractivity contribution in [1.29, 1.82) is 0 Å². The van der Waals surface area contributed by atoms with Gasteiger partial charge >= 0.3 is 5.97 Å². The first-order valence-corrected chi connectivity index (χ1v) is 12.6. The Hall–Kier alpha value is -3.41. The van der Waals surface area contributed by atoms with Crippen LogP contribution in [0.3, 0.4) is 0 Å². The molecule has 196 valence electrons. The summed E-state index contributed by atoms with van der Waals surface area (Å²) in [5, 5.41) is 9.33. The van der Waals surface area contributed by atoms with Crippen LogP contribution in [-0.2, 0) is 11.4 Å². The molecule has 37 heavy (non-hydrogen) atoms. The fourth-order valence-electron chi connectivity index (χ4n) is 4.71. The van der Waals surface area contributed by atoms with E-state index in [1.807, 2.05) is 51.1 Å². The highest BCUT2D eigenvalue weighted by atomic mass is 19.1. The molecule has 0 aliphatic heterocycles. The molecule has 0 spiro atoms. The second-order valence-electron chi connectivity index (χ2n) is 10.9. The number of methoxy groups -OCH3 is 1. The van der Waals surface area contributed by atoms with E-state index in [0.29, 0.717) is 28.5 Å². The summed E-state index contributed by atoms with van der Waals surface area (Å²) in [6.07, 6.45) is 0.852. The minimum absolute atomic E-state index is 0.0243. The first kappa shape index (κ1) is 26.6. The van der Waals surface area contributed by atoms with Gasteiger partial charge in [0.1, 0.15) is 30.1 Å². The summed E-state index contributed by atoms with van der Waals surface area (Å²) in [6.45, 7) is 5.63. The van der Waals surface area contributed by atoms with Crippen LogP contribution in [0.15, 0.2) is 60.7 Å². The van der Waals surface area contributed by atoms with Gasteiger partial charge in [-0.25, -0.2) is 8.78 Å². The summed E-state index contributed by atoms with van der Waals surface area (Å²) in [6, 6.07) is 17.3. The van der Waals surface area contributed by atoms with Gasteiger partial charge < -0.3 is 14.6 Å². The predicted molar refractivity (Wildman–Crippen MR) is 140 cm³/mol. The zero-order valence-corrected chi connectivity index (χ0v) is 21.8. The Balaban J connectivity index is 1.61. The molecule has 3 aromatic rings. The van der Waals surface area contributed by atoms with Crippen molar-refractivity contribution < 1.29 is 28.2 Å². The molecule has 6 heteroatoms. The molecule has 0 radical (unpaired) electrons. The molecule has 0 saturated heterocycles. The number of hydrogen-bond donors (Lipinski definition) is 1. The quantitative estimate of drug-likeness (QED) is 0.301. The van der Waals surface area contributed by atoms with Gasteiger partial charge in [0.2, 0.25) is 0 Å². The molecule has 1 saturated carbocycles. The minimum atomic E-state index is -1.34. The third-order valence-corrected chi connectivity index (χ3v) is 6.89. The van der Waals surface area contributed by atoms with Crippen molar-refractivity contribution in [3.63, 3.8) is 0 Å². The molecule has 3 aromatic carbocycles. The smallest absolute Gasteiger partial charge is 0.303 e. The van der Waals surface area contributed by atoms with Crippen molar-refractivity contribution in [3.8, 4) is 22.6 Å². The summed E-state index contributed by atoms with van der Waals surface area (Å²) in [7, 11) is 1.51. The minimum Gasteiger partial charge on any atom is -0.497 e. The van der Waals surface area contributed by atoms with Crippen LogP contribution in [0.25, 0.3) is 11.1 Å². The number of halogens is 2. The Kier molecular flexibility index (Phi) is 7.86. The fourth-order valence-corrected chi connectivity index (χ4v) is 4.71. The van der Waals surface area contributed by atoms with E-state index in [-0.39, 0.29) is 24.5 Å². The summed E-state index contributed by atoms with van der Waals surface area (Å²) in [5.74, 6) is 0.249. The molecule has 1 fully saturated rings. The first-order chi connectivity index (χ1) is 17.6. The second-order valence-corrected chi connectivity index (χ2v) is 10.9. The Morgan fingerprint density at radius 3 is 2.43 bits per heavy atom. The number of rotatable bonds is 10. The Bertz CT molecular complexity index is 1260. The zero-order valence-electron chi connectivity index (χ0n) is 21.8. The van der Waals surface area contributed by atoms with Gasteiger partial charge in [-0.1, -0.05) is 45.0 Å². The van der Waals surface area contributed by atoms with Crippen LogP contribution >= 0.6 is 0 Å². The fraction of sp³-hybridized carbons (Fsp3) is 0.387. The molecule has 1 N–H and O–H groups in total. The lowest BCUT2D eigenvalue weighted by Gasteiger charge is -2.27. The largest absolute Gasteiger partial charge is 0.497 e. The van der Waals surface area contributed by atoms with Crippen molar-refractivity contribution in [2.45, 2.75) is 58.7 Å². The van der Waals surface area contributed by atoms with Gasteiger partial charge in [0.05, 0.1) is 13.5 Å². The maximum atomic E-state index is 15.7. The molecule has 1 aliphatic rings. The Labute approximate surface area is 217 Å². The molecule has 0 unspecified atom stereocenters. The van der Waals surface area contributed by atoms with Crippen LogP contribution < -0.4 is 9.47 Å². The number of aliphatic carboxylic acids is 1.